The molecule has 0 aliphatic heterocycles. The molecule has 0 N–H and O–H groups in total. The molecule has 8 heteroatoms. The summed E-state index contributed by atoms with van der Waals surface area (Å²) in [5.41, 5.74) is 49.1. The second-order valence-electron chi connectivity index (χ2n) is 42.4. The minimum Gasteiger partial charge on any atom is -0.310 e. The first kappa shape index (κ1) is 90.3. The summed E-state index contributed by atoms with van der Waals surface area (Å²) in [4.78, 5) is 16.0. The van der Waals surface area contributed by atoms with Crippen molar-refractivity contribution < 1.29 is 0 Å². The van der Waals surface area contributed by atoms with E-state index in [4.69, 9.17) is 0 Å². The Morgan fingerprint density at radius 3 is 0.760 bits per heavy atom. The lowest BCUT2D eigenvalue weighted by molar-refractivity contribution is 0.660. The van der Waals surface area contributed by atoms with Gasteiger partial charge in [0.2, 0.25) is 0 Å². The SMILES string of the molecule is CC1(C)c2ccccc2-c2ccc(N(c3ccc(-c4ccc5c(c4)c4ccccc4n5-c4ccccc4)cc3)c3cccc(-c4cccnc4)c3)cc21.CC1(C)c2ccccc2-c2ccc(N(c3ccc(-c4cccnc4)cc3)c3ccc4c(c3)c3ccccc3n4-c3ccccc3)cc21.CC1(C)c2ccccc2-c2ccc(N(c3ccc4c(c3)C(C)(C)c3ccccc3-4)c3ccc4c(c3)c3ccccc3n4-c3ccccc3)cc21. The number of pyridine rings is 2. The fourth-order valence-electron chi connectivity index (χ4n) is 25.1. The Kier molecular flexibility index (Phi) is 21.5. The first-order valence-electron chi connectivity index (χ1n) is 52.2. The minimum absolute atomic E-state index is 0.0924. The summed E-state index contributed by atoms with van der Waals surface area (Å²) in [5.74, 6) is 0. The number of rotatable bonds is 15. The van der Waals surface area contributed by atoms with Crippen LogP contribution in [0.4, 0.5) is 51.2 Å². The first-order chi connectivity index (χ1) is 73.4. The van der Waals surface area contributed by atoms with E-state index in [1.807, 2.05) is 36.9 Å². The van der Waals surface area contributed by atoms with Crippen LogP contribution in [-0.4, -0.2) is 23.7 Å². The third-order valence-corrected chi connectivity index (χ3v) is 32.5. The van der Waals surface area contributed by atoms with E-state index in [0.29, 0.717) is 0 Å². The first-order valence-corrected chi connectivity index (χ1v) is 52.2. The van der Waals surface area contributed by atoms with Gasteiger partial charge in [0.1, 0.15) is 0 Å². The van der Waals surface area contributed by atoms with Crippen molar-refractivity contribution in [1.82, 2.24) is 23.7 Å². The predicted octanol–water partition coefficient (Wildman–Crippen LogP) is 37.8. The second kappa shape index (κ2) is 35.7. The molecule has 0 unspecified atom stereocenters. The molecule has 4 aliphatic rings. The maximum absolute atomic E-state index is 4.40. The van der Waals surface area contributed by atoms with Crippen molar-refractivity contribution in [3.8, 4) is 95.0 Å². The standard InChI is InChI=1S/C50H37N3.C48H38N2.C44H33N3/c1-50(2)46-19-8-6-17-42(46)43-27-26-41(32-47(43)50)52(40-16-10-12-35(30-40)37-13-11-29-51-33-37)39-24-21-34(22-25-39)36-23-28-49-45(31-36)44-18-7-9-20-48(44)53(49)38-14-4-3-5-15-38;1-47(2)41-19-11-8-16-35(41)37-25-22-33(29-43(37)47)49(34-23-26-38-36-17-9-12-20-42(36)48(3,4)44(38)30-34)32-24-27-46-40(28-32)39-18-10-13-21-45(39)50(46)31-14-6-5-7-15-31;1-44(2)40-16-8-6-14-36(40)37-24-22-35(28-41(37)44)46(33-20-18-30(19-21-33)31-11-10-26-45-29-31)34-23-25-43-39(27-34)38-15-7-9-17-42(38)47(43)32-12-4-3-5-13-32/h3-33H,1-2H3;5-30H,1-4H3;3-29H,1-2H3. The van der Waals surface area contributed by atoms with Crippen molar-refractivity contribution in [2.75, 3.05) is 14.7 Å². The Morgan fingerprint density at radius 2 is 0.407 bits per heavy atom. The highest BCUT2D eigenvalue weighted by Crippen LogP contribution is 2.58. The van der Waals surface area contributed by atoms with Crippen molar-refractivity contribution >= 4 is 117 Å². The van der Waals surface area contributed by atoms with Gasteiger partial charge in [-0.3, -0.25) is 9.97 Å². The molecule has 150 heavy (non-hydrogen) atoms. The average molecular weight is 1930 g/mol. The maximum Gasteiger partial charge on any atom is 0.0542 e. The topological polar surface area (TPSA) is 50.3 Å². The van der Waals surface area contributed by atoms with Crippen molar-refractivity contribution in [2.24, 2.45) is 0 Å². The number of anilines is 9. The molecule has 29 rings (SSSR count). The molecule has 0 atom stereocenters. The summed E-state index contributed by atoms with van der Waals surface area (Å²) >= 11 is 0. The summed E-state index contributed by atoms with van der Waals surface area (Å²) in [6.45, 7) is 18.8. The summed E-state index contributed by atoms with van der Waals surface area (Å²) in [6, 6.07) is 178. The molecule has 0 fully saturated rings. The molecule has 25 aromatic rings. The third kappa shape index (κ3) is 14.8. The number of hydrogen-bond donors (Lipinski definition) is 0. The van der Waals surface area contributed by atoms with Crippen LogP contribution in [0.15, 0.2) is 510 Å². The molecule has 5 aromatic heterocycles. The number of hydrogen-bond acceptors (Lipinski definition) is 5. The number of nitrogens with zero attached hydrogens (tertiary/aromatic N) is 8. The van der Waals surface area contributed by atoms with Gasteiger partial charge < -0.3 is 28.4 Å². The van der Waals surface area contributed by atoms with E-state index < -0.39 is 0 Å². The quantitative estimate of drug-likeness (QED) is 0.102. The van der Waals surface area contributed by atoms with E-state index in [9.17, 15) is 0 Å². The van der Waals surface area contributed by atoms with Crippen LogP contribution in [0.5, 0.6) is 0 Å². The van der Waals surface area contributed by atoms with Crippen LogP contribution in [-0.2, 0) is 21.7 Å². The number of benzene rings is 20. The normalized spacial score (nSPS) is 13.5. The van der Waals surface area contributed by atoms with Gasteiger partial charge >= 0.3 is 0 Å². The van der Waals surface area contributed by atoms with Crippen molar-refractivity contribution in [3.63, 3.8) is 0 Å². The van der Waals surface area contributed by atoms with E-state index in [1.54, 1.807) is 0 Å². The van der Waals surface area contributed by atoms with Crippen molar-refractivity contribution in [2.45, 2.75) is 77.0 Å². The highest BCUT2D eigenvalue weighted by atomic mass is 15.2. The number of para-hydroxylation sites is 6. The van der Waals surface area contributed by atoms with Crippen LogP contribution in [0.25, 0.3) is 160 Å². The maximum atomic E-state index is 4.40. The zero-order valence-electron chi connectivity index (χ0n) is 85.1. The summed E-state index contributed by atoms with van der Waals surface area (Å²) in [6.07, 6.45) is 7.49. The van der Waals surface area contributed by atoms with Gasteiger partial charge in [-0.1, -0.05) is 341 Å². The lowest BCUT2D eigenvalue weighted by atomic mass is 9.82. The van der Waals surface area contributed by atoms with Gasteiger partial charge in [0.15, 0.2) is 0 Å². The van der Waals surface area contributed by atoms with Crippen LogP contribution < -0.4 is 14.7 Å². The van der Waals surface area contributed by atoms with E-state index in [2.05, 4.69) is 567 Å². The summed E-state index contributed by atoms with van der Waals surface area (Å²) < 4.78 is 7.13. The van der Waals surface area contributed by atoms with Crippen molar-refractivity contribution in [3.05, 3.63) is 555 Å². The zero-order chi connectivity index (χ0) is 101. The predicted molar refractivity (Wildman–Crippen MR) is 629 cm³/mol. The van der Waals surface area contributed by atoms with Crippen LogP contribution >= 0.6 is 0 Å². The Labute approximate surface area is 875 Å². The summed E-state index contributed by atoms with van der Waals surface area (Å²) in [7, 11) is 0. The number of fused-ring (bicyclic) bond motifs is 21. The van der Waals surface area contributed by atoms with Gasteiger partial charge in [-0.15, -0.1) is 0 Å². The molecule has 0 amide bonds. The molecule has 0 spiro atoms. The Bertz CT molecular complexity index is 9520. The molecule has 4 aliphatic carbocycles. The van der Waals surface area contributed by atoms with Gasteiger partial charge in [-0.25, -0.2) is 0 Å². The molecule has 0 radical (unpaired) electrons. The second-order valence-corrected chi connectivity index (χ2v) is 42.4. The van der Waals surface area contributed by atoms with Crippen molar-refractivity contribution in [1.29, 1.82) is 0 Å². The Balaban J connectivity index is 0.000000111. The van der Waals surface area contributed by atoms with Crippen LogP contribution in [0.2, 0.25) is 0 Å². The minimum atomic E-state index is -0.0999. The Morgan fingerprint density at radius 1 is 0.160 bits per heavy atom. The van der Waals surface area contributed by atoms with Crippen LogP contribution in [0, 0.1) is 0 Å². The van der Waals surface area contributed by atoms with Gasteiger partial charge in [-0.05, 0) is 317 Å². The van der Waals surface area contributed by atoms with E-state index in [-0.39, 0.29) is 21.7 Å². The van der Waals surface area contributed by atoms with E-state index >= 15 is 0 Å². The molecular formula is C142H108N8. The van der Waals surface area contributed by atoms with Crippen LogP contribution in [0.1, 0.15) is 99.9 Å². The monoisotopic (exact) mass is 1920 g/mol. The molecule has 0 saturated heterocycles. The molecular weight excluding hydrogens is 1820 g/mol. The summed E-state index contributed by atoms with van der Waals surface area (Å²) in [5, 5.41) is 7.48. The molecule has 0 saturated carbocycles. The highest BCUT2D eigenvalue weighted by Gasteiger charge is 2.41. The molecule has 716 valence electrons. The van der Waals surface area contributed by atoms with Crippen LogP contribution in [0.3, 0.4) is 0 Å². The van der Waals surface area contributed by atoms with Gasteiger partial charge in [-0.2, -0.15) is 0 Å². The molecule has 20 aromatic carbocycles. The lowest BCUT2D eigenvalue weighted by Crippen LogP contribution is -2.18. The van der Waals surface area contributed by atoms with E-state index in [1.165, 1.54) is 188 Å². The van der Waals surface area contributed by atoms with Gasteiger partial charge in [0.05, 0.1) is 33.1 Å². The molecule has 0 bridgehead atoms. The third-order valence-electron chi connectivity index (χ3n) is 32.5. The Hall–Kier alpha value is -18.5. The fourth-order valence-corrected chi connectivity index (χ4v) is 25.1. The van der Waals surface area contributed by atoms with Gasteiger partial charge in [0, 0.05) is 153 Å². The zero-order valence-corrected chi connectivity index (χ0v) is 85.1. The number of aromatic nitrogens is 5. The molecule has 5 heterocycles. The largest absolute Gasteiger partial charge is 0.310 e. The van der Waals surface area contributed by atoms with Gasteiger partial charge in [0.25, 0.3) is 0 Å². The lowest BCUT2D eigenvalue weighted by Gasteiger charge is -2.30. The average Bonchev–Trinajstić information content (AvgIpc) is 1.57. The van der Waals surface area contributed by atoms with E-state index in [0.717, 1.165) is 67.8 Å². The highest BCUT2D eigenvalue weighted by molar-refractivity contribution is 6.14. The smallest absolute Gasteiger partial charge is 0.0542 e. The molecule has 8 nitrogen and oxygen atoms in total. The fraction of sp³-hybridized carbons (Fsp3) is 0.0845.